The maximum atomic E-state index is 14.0. The van der Waals surface area contributed by atoms with Crippen LogP contribution in [0, 0.1) is 17.7 Å². The summed E-state index contributed by atoms with van der Waals surface area (Å²) in [4.78, 5) is 4.37. The topological polar surface area (TPSA) is 33.1 Å². The molecule has 0 spiro atoms. The summed E-state index contributed by atoms with van der Waals surface area (Å²) < 4.78 is 14.0. The first kappa shape index (κ1) is 15.5. The van der Waals surface area contributed by atoms with Crippen LogP contribution in [0.2, 0.25) is 0 Å². The molecule has 3 heteroatoms. The molecule has 0 amide bonds. The first-order valence-corrected chi connectivity index (χ1v) is 7.23. The van der Waals surface area contributed by atoms with Crippen molar-refractivity contribution in [2.45, 2.75) is 45.6 Å². The van der Waals surface area contributed by atoms with Gasteiger partial charge in [0.15, 0.2) is 0 Å². The van der Waals surface area contributed by atoms with Gasteiger partial charge in [-0.25, -0.2) is 4.39 Å². The number of fused-ring (bicyclic) bond motifs is 1. The number of aryl methyl sites for hydroxylation is 1. The van der Waals surface area contributed by atoms with Gasteiger partial charge in [-0.1, -0.05) is 25.2 Å². The van der Waals surface area contributed by atoms with Crippen molar-refractivity contribution in [3.63, 3.8) is 0 Å². The van der Waals surface area contributed by atoms with E-state index in [1.165, 1.54) is 6.07 Å². The molecule has 2 nitrogen and oxygen atoms in total. The largest absolute Gasteiger partial charge is 0.378 e. The number of pyridine rings is 1. The molecule has 0 aliphatic rings. The normalized spacial score (nSPS) is 11.3. The summed E-state index contributed by atoms with van der Waals surface area (Å²) in [6.07, 6.45) is 4.84. The monoisotopic (exact) mass is 285 g/mol. The van der Waals surface area contributed by atoms with Crippen LogP contribution in [0.3, 0.4) is 0 Å². The van der Waals surface area contributed by atoms with Gasteiger partial charge < -0.3 is 5.11 Å². The molecule has 21 heavy (non-hydrogen) atoms. The Morgan fingerprint density at radius 1 is 1.33 bits per heavy atom. The van der Waals surface area contributed by atoms with Crippen molar-refractivity contribution in [1.82, 2.24) is 4.98 Å². The number of benzene rings is 1. The molecule has 0 fully saturated rings. The molecule has 2 aromatic rings. The highest BCUT2D eigenvalue weighted by molar-refractivity contribution is 5.85. The Morgan fingerprint density at radius 3 is 2.76 bits per heavy atom. The highest BCUT2D eigenvalue weighted by Crippen LogP contribution is 2.21. The van der Waals surface area contributed by atoms with Crippen LogP contribution in [-0.4, -0.2) is 15.7 Å². The van der Waals surface area contributed by atoms with E-state index in [1.54, 1.807) is 26.1 Å². The van der Waals surface area contributed by atoms with Crippen LogP contribution < -0.4 is 0 Å². The standard InChI is InChI=1S/C18H20FNO/c1-4-5-6-13-11-15-16(19)8-7-14(17(15)20-12-13)9-10-18(2,3)21/h7-8,11-12,21H,4-6H2,1-3H3. The fourth-order valence-electron chi connectivity index (χ4n) is 2.07. The van der Waals surface area contributed by atoms with E-state index in [9.17, 15) is 9.50 Å². The molecule has 0 atom stereocenters. The van der Waals surface area contributed by atoms with Crippen molar-refractivity contribution in [2.24, 2.45) is 0 Å². The lowest BCUT2D eigenvalue weighted by atomic mass is 10.0. The van der Waals surface area contributed by atoms with E-state index in [-0.39, 0.29) is 5.82 Å². The van der Waals surface area contributed by atoms with Gasteiger partial charge in [0.1, 0.15) is 11.4 Å². The molecule has 0 aliphatic carbocycles. The van der Waals surface area contributed by atoms with Gasteiger partial charge in [-0.2, -0.15) is 0 Å². The zero-order chi connectivity index (χ0) is 15.5. The molecule has 1 aromatic heterocycles. The molecule has 1 aromatic carbocycles. The lowest BCUT2D eigenvalue weighted by molar-refractivity contribution is 0.143. The van der Waals surface area contributed by atoms with Gasteiger partial charge >= 0.3 is 0 Å². The van der Waals surface area contributed by atoms with E-state index >= 15 is 0 Å². The predicted molar refractivity (Wildman–Crippen MR) is 83.5 cm³/mol. The van der Waals surface area contributed by atoms with Crippen LogP contribution in [0.1, 0.15) is 44.7 Å². The van der Waals surface area contributed by atoms with Crippen LogP contribution in [0.4, 0.5) is 4.39 Å². The van der Waals surface area contributed by atoms with Crippen LogP contribution in [0.25, 0.3) is 10.9 Å². The summed E-state index contributed by atoms with van der Waals surface area (Å²) in [7, 11) is 0. The lowest BCUT2D eigenvalue weighted by Crippen LogP contribution is -2.14. The Kier molecular flexibility index (Phi) is 4.59. The van der Waals surface area contributed by atoms with Gasteiger partial charge in [0, 0.05) is 11.6 Å². The van der Waals surface area contributed by atoms with Crippen molar-refractivity contribution < 1.29 is 9.50 Å². The molecule has 110 valence electrons. The number of aromatic nitrogens is 1. The van der Waals surface area contributed by atoms with Crippen molar-refractivity contribution in [3.05, 3.63) is 41.3 Å². The average molecular weight is 285 g/mol. The summed E-state index contributed by atoms with van der Waals surface area (Å²) in [6.45, 7) is 5.35. The minimum atomic E-state index is -1.08. The Balaban J connectivity index is 2.49. The smallest absolute Gasteiger partial charge is 0.132 e. The van der Waals surface area contributed by atoms with Gasteiger partial charge in [-0.3, -0.25) is 4.98 Å². The Bertz CT molecular complexity index is 705. The molecule has 0 unspecified atom stereocenters. The second kappa shape index (κ2) is 6.24. The fraction of sp³-hybridized carbons (Fsp3) is 0.389. The second-order valence-corrected chi connectivity index (χ2v) is 5.75. The van der Waals surface area contributed by atoms with Crippen LogP contribution in [0.5, 0.6) is 0 Å². The third-order valence-corrected chi connectivity index (χ3v) is 3.18. The average Bonchev–Trinajstić information content (AvgIpc) is 2.43. The van der Waals surface area contributed by atoms with E-state index < -0.39 is 5.60 Å². The molecule has 0 aliphatic heterocycles. The van der Waals surface area contributed by atoms with Gasteiger partial charge in [0.25, 0.3) is 0 Å². The third-order valence-electron chi connectivity index (χ3n) is 3.18. The Labute approximate surface area is 125 Å². The third kappa shape index (κ3) is 4.03. The summed E-state index contributed by atoms with van der Waals surface area (Å²) in [6, 6.07) is 4.86. The van der Waals surface area contributed by atoms with E-state index in [2.05, 4.69) is 23.7 Å². The lowest BCUT2D eigenvalue weighted by Gasteiger charge is -2.07. The zero-order valence-corrected chi connectivity index (χ0v) is 12.7. The summed E-state index contributed by atoms with van der Waals surface area (Å²) in [5, 5.41) is 10.2. The molecule has 1 heterocycles. The first-order valence-electron chi connectivity index (χ1n) is 7.23. The maximum absolute atomic E-state index is 14.0. The van der Waals surface area contributed by atoms with Crippen LogP contribution in [-0.2, 0) is 6.42 Å². The van der Waals surface area contributed by atoms with Gasteiger partial charge in [0.05, 0.1) is 11.1 Å². The molecule has 0 saturated heterocycles. The van der Waals surface area contributed by atoms with Gasteiger partial charge in [-0.15, -0.1) is 0 Å². The number of unbranched alkanes of at least 4 members (excludes halogenated alkanes) is 1. The number of nitrogens with zero attached hydrogens (tertiary/aromatic N) is 1. The quantitative estimate of drug-likeness (QED) is 0.869. The van der Waals surface area contributed by atoms with E-state index in [0.29, 0.717) is 16.5 Å². The summed E-state index contributed by atoms with van der Waals surface area (Å²) in [5.74, 6) is 5.34. The summed E-state index contributed by atoms with van der Waals surface area (Å²) in [5.41, 5.74) is 1.14. The molecule has 0 bridgehead atoms. The van der Waals surface area contributed by atoms with E-state index in [1.807, 2.05) is 6.07 Å². The van der Waals surface area contributed by atoms with Gasteiger partial charge in [0.2, 0.25) is 0 Å². The number of aliphatic hydroxyl groups is 1. The number of rotatable bonds is 3. The molecule has 2 rings (SSSR count). The molecule has 0 radical (unpaired) electrons. The van der Waals surface area contributed by atoms with Crippen molar-refractivity contribution in [3.8, 4) is 11.8 Å². The highest BCUT2D eigenvalue weighted by atomic mass is 19.1. The molecule has 0 saturated carbocycles. The Morgan fingerprint density at radius 2 is 2.10 bits per heavy atom. The number of hydrogen-bond donors (Lipinski definition) is 1. The second-order valence-electron chi connectivity index (χ2n) is 5.75. The van der Waals surface area contributed by atoms with Crippen LogP contribution in [0.15, 0.2) is 24.4 Å². The maximum Gasteiger partial charge on any atom is 0.132 e. The zero-order valence-electron chi connectivity index (χ0n) is 12.7. The van der Waals surface area contributed by atoms with Crippen molar-refractivity contribution >= 4 is 10.9 Å². The minimum Gasteiger partial charge on any atom is -0.378 e. The fourth-order valence-corrected chi connectivity index (χ4v) is 2.07. The highest BCUT2D eigenvalue weighted by Gasteiger charge is 2.09. The van der Waals surface area contributed by atoms with Crippen LogP contribution >= 0.6 is 0 Å². The molecule has 1 N–H and O–H groups in total. The SMILES string of the molecule is CCCCc1cnc2c(C#CC(C)(C)O)ccc(F)c2c1. The molecular formula is C18H20FNO. The number of hydrogen-bond acceptors (Lipinski definition) is 2. The van der Waals surface area contributed by atoms with Crippen molar-refractivity contribution in [2.75, 3.05) is 0 Å². The first-order chi connectivity index (χ1) is 9.90. The Hall–Kier alpha value is -1.92. The minimum absolute atomic E-state index is 0.287. The molecular weight excluding hydrogens is 265 g/mol. The van der Waals surface area contributed by atoms with E-state index in [0.717, 1.165) is 24.8 Å². The predicted octanol–water partition coefficient (Wildman–Crippen LogP) is 3.84. The number of halogens is 1. The van der Waals surface area contributed by atoms with E-state index in [4.69, 9.17) is 0 Å². The van der Waals surface area contributed by atoms with Gasteiger partial charge in [-0.05, 0) is 50.5 Å². The summed E-state index contributed by atoms with van der Waals surface area (Å²) >= 11 is 0. The van der Waals surface area contributed by atoms with Crippen molar-refractivity contribution in [1.29, 1.82) is 0 Å².